The number of hydrogen-bond donors (Lipinski definition) is 1. The van der Waals surface area contributed by atoms with Gasteiger partial charge in [0, 0.05) is 23.6 Å². The summed E-state index contributed by atoms with van der Waals surface area (Å²) in [6.07, 6.45) is 7.20. The minimum Gasteiger partial charge on any atom is -0.366 e. The van der Waals surface area contributed by atoms with E-state index in [-0.39, 0.29) is 17.0 Å². The van der Waals surface area contributed by atoms with Crippen LogP contribution in [0.2, 0.25) is 0 Å². The molecular weight excluding hydrogens is 380 g/mol. The molecule has 1 amide bonds. The fraction of sp³-hybridized carbons (Fsp3) is 0.188. The first-order valence-electron chi connectivity index (χ1n) is 6.73. The highest BCUT2D eigenvalue weighted by Crippen LogP contribution is 2.26. The summed E-state index contributed by atoms with van der Waals surface area (Å²) < 4.78 is 26.8. The third-order valence-electron chi connectivity index (χ3n) is 2.97. The van der Waals surface area contributed by atoms with Crippen LogP contribution in [0.15, 0.2) is 64.0 Å². The molecule has 0 unspecified atom stereocenters. The minimum atomic E-state index is -3.79. The molecule has 0 radical (unpaired) electrons. The van der Waals surface area contributed by atoms with Crippen molar-refractivity contribution in [2.75, 3.05) is 13.6 Å². The molecule has 23 heavy (non-hydrogen) atoms. The summed E-state index contributed by atoms with van der Waals surface area (Å²) in [5, 5.41) is 0. The second-order valence-corrected chi connectivity index (χ2v) is 7.68. The zero-order valence-electron chi connectivity index (χ0n) is 13.0. The number of allylic oxidation sites excluding steroid dienone is 3. The van der Waals surface area contributed by atoms with Crippen LogP contribution in [0.3, 0.4) is 0 Å². The highest BCUT2D eigenvalue weighted by atomic mass is 79.9. The molecule has 0 saturated carbocycles. The van der Waals surface area contributed by atoms with E-state index in [1.54, 1.807) is 12.2 Å². The first-order chi connectivity index (χ1) is 10.7. The van der Waals surface area contributed by atoms with Crippen molar-refractivity contribution in [3.63, 3.8) is 0 Å². The SMILES string of the molecule is C=C(/C=C\C=C/C)CN(C)S(=O)(=O)c1cc(C(N)=O)ccc1Br. The number of nitrogens with two attached hydrogens (primary N) is 1. The van der Waals surface area contributed by atoms with Crippen molar-refractivity contribution in [3.8, 4) is 0 Å². The van der Waals surface area contributed by atoms with Crippen molar-refractivity contribution in [2.45, 2.75) is 11.8 Å². The number of halogens is 1. The Balaban J connectivity index is 3.09. The Morgan fingerprint density at radius 1 is 1.39 bits per heavy atom. The van der Waals surface area contributed by atoms with Crippen LogP contribution in [0.5, 0.6) is 0 Å². The first-order valence-corrected chi connectivity index (χ1v) is 8.96. The van der Waals surface area contributed by atoms with Crippen LogP contribution in [0, 0.1) is 0 Å². The van der Waals surface area contributed by atoms with Crippen LogP contribution in [0.1, 0.15) is 17.3 Å². The van der Waals surface area contributed by atoms with Crippen molar-refractivity contribution in [1.29, 1.82) is 0 Å². The first kappa shape index (κ1) is 19.3. The molecule has 7 heteroatoms. The summed E-state index contributed by atoms with van der Waals surface area (Å²) in [4.78, 5) is 11.2. The van der Waals surface area contributed by atoms with Crippen molar-refractivity contribution in [3.05, 3.63) is 64.7 Å². The molecule has 0 saturated heterocycles. The lowest BCUT2D eigenvalue weighted by atomic mass is 10.2. The van der Waals surface area contributed by atoms with Crippen molar-refractivity contribution in [2.24, 2.45) is 5.73 Å². The predicted molar refractivity (Wildman–Crippen MR) is 95.6 cm³/mol. The average Bonchev–Trinajstić information content (AvgIpc) is 2.47. The number of carbonyl (C=O) groups excluding carboxylic acids is 1. The molecule has 1 rings (SSSR count). The Morgan fingerprint density at radius 3 is 2.61 bits per heavy atom. The third-order valence-corrected chi connectivity index (χ3v) is 5.76. The van der Waals surface area contributed by atoms with Crippen LogP contribution < -0.4 is 5.73 Å². The average molecular weight is 399 g/mol. The van der Waals surface area contributed by atoms with Crippen LogP contribution in [0.25, 0.3) is 0 Å². The van der Waals surface area contributed by atoms with Crippen molar-refractivity contribution < 1.29 is 13.2 Å². The number of likely N-dealkylation sites (N-methyl/N-ethyl adjacent to an activating group) is 1. The quantitative estimate of drug-likeness (QED) is 0.716. The predicted octanol–water partition coefficient (Wildman–Crippen LogP) is 2.86. The molecule has 1 aromatic rings. The Bertz CT molecular complexity index is 768. The molecule has 0 atom stereocenters. The van der Waals surface area contributed by atoms with E-state index < -0.39 is 15.9 Å². The summed E-state index contributed by atoms with van der Waals surface area (Å²) in [7, 11) is -2.33. The van der Waals surface area contributed by atoms with Crippen LogP contribution in [0.4, 0.5) is 0 Å². The van der Waals surface area contributed by atoms with Gasteiger partial charge in [-0.2, -0.15) is 4.31 Å². The lowest BCUT2D eigenvalue weighted by molar-refractivity contribution is 0.1000. The number of hydrogen-bond acceptors (Lipinski definition) is 3. The van der Waals surface area contributed by atoms with Gasteiger partial charge in [0.05, 0.1) is 4.90 Å². The van der Waals surface area contributed by atoms with Gasteiger partial charge in [0.25, 0.3) is 0 Å². The smallest absolute Gasteiger partial charge is 0.248 e. The molecule has 5 nitrogen and oxygen atoms in total. The zero-order chi connectivity index (χ0) is 17.6. The number of amides is 1. The highest BCUT2D eigenvalue weighted by Gasteiger charge is 2.24. The summed E-state index contributed by atoms with van der Waals surface area (Å²) in [6.45, 7) is 5.84. The number of nitrogens with zero attached hydrogens (tertiary/aromatic N) is 1. The van der Waals surface area contributed by atoms with E-state index in [0.717, 1.165) is 0 Å². The number of benzene rings is 1. The van der Waals surface area contributed by atoms with Gasteiger partial charge >= 0.3 is 0 Å². The van der Waals surface area contributed by atoms with E-state index in [0.29, 0.717) is 10.0 Å². The summed E-state index contributed by atoms with van der Waals surface area (Å²) >= 11 is 3.20. The second kappa shape index (κ2) is 8.24. The Labute approximate surface area is 145 Å². The Morgan fingerprint density at radius 2 is 2.04 bits per heavy atom. The van der Waals surface area contributed by atoms with E-state index in [2.05, 4.69) is 22.5 Å². The van der Waals surface area contributed by atoms with Crippen LogP contribution in [-0.2, 0) is 10.0 Å². The normalized spacial score (nSPS) is 12.3. The topological polar surface area (TPSA) is 80.5 Å². The summed E-state index contributed by atoms with van der Waals surface area (Å²) in [5.41, 5.74) is 5.98. The van der Waals surface area contributed by atoms with Gasteiger partial charge in [-0.15, -0.1) is 0 Å². The molecule has 0 heterocycles. The molecule has 2 N–H and O–H groups in total. The summed E-state index contributed by atoms with van der Waals surface area (Å²) in [6, 6.07) is 4.21. The molecule has 124 valence electrons. The number of sulfonamides is 1. The van der Waals surface area contributed by atoms with Gasteiger partial charge in [-0.05, 0) is 46.6 Å². The van der Waals surface area contributed by atoms with E-state index in [1.807, 2.05) is 19.1 Å². The maximum atomic E-state index is 12.7. The number of rotatable bonds is 7. The lowest BCUT2D eigenvalue weighted by Crippen LogP contribution is -2.29. The monoisotopic (exact) mass is 398 g/mol. The molecule has 0 aliphatic rings. The van der Waals surface area contributed by atoms with Gasteiger partial charge in [0.1, 0.15) is 0 Å². The molecule has 1 aromatic carbocycles. The fourth-order valence-corrected chi connectivity index (χ4v) is 3.87. The second-order valence-electron chi connectivity index (χ2n) is 4.81. The maximum absolute atomic E-state index is 12.7. The van der Waals surface area contributed by atoms with Crippen molar-refractivity contribution >= 4 is 31.9 Å². The molecule has 0 aromatic heterocycles. The van der Waals surface area contributed by atoms with Crippen LogP contribution in [-0.4, -0.2) is 32.2 Å². The van der Waals surface area contributed by atoms with Gasteiger partial charge in [-0.1, -0.05) is 30.9 Å². The van der Waals surface area contributed by atoms with E-state index in [4.69, 9.17) is 5.73 Å². The van der Waals surface area contributed by atoms with Gasteiger partial charge < -0.3 is 5.73 Å². The Hall–Kier alpha value is -1.70. The van der Waals surface area contributed by atoms with Crippen LogP contribution >= 0.6 is 15.9 Å². The number of carbonyl (C=O) groups is 1. The molecule has 0 bridgehead atoms. The molecule has 0 aliphatic heterocycles. The van der Waals surface area contributed by atoms with E-state index in [1.165, 1.54) is 29.6 Å². The maximum Gasteiger partial charge on any atom is 0.248 e. The summed E-state index contributed by atoms with van der Waals surface area (Å²) in [5.74, 6) is -0.685. The minimum absolute atomic E-state index is 0.0125. The van der Waals surface area contributed by atoms with Gasteiger partial charge in [-0.25, -0.2) is 8.42 Å². The third kappa shape index (κ3) is 5.16. The molecule has 0 aliphatic carbocycles. The molecule has 0 spiro atoms. The van der Waals surface area contributed by atoms with Crippen molar-refractivity contribution in [1.82, 2.24) is 4.31 Å². The van der Waals surface area contributed by atoms with E-state index in [9.17, 15) is 13.2 Å². The van der Waals surface area contributed by atoms with Gasteiger partial charge in [0.15, 0.2) is 0 Å². The van der Waals surface area contributed by atoms with Gasteiger partial charge in [0.2, 0.25) is 15.9 Å². The number of primary amides is 1. The Kier molecular flexibility index (Phi) is 6.93. The van der Waals surface area contributed by atoms with E-state index >= 15 is 0 Å². The molecular formula is C16H19BrN2O3S. The standard InChI is InChI=1S/C16H19BrN2O3S/c1-4-5-6-7-12(2)11-19(3)23(21,22)15-10-13(16(18)20)8-9-14(15)17/h4-10H,2,11H2,1,3H3,(H2,18,20)/b5-4-,7-6-. The van der Waals surface area contributed by atoms with Gasteiger partial charge in [-0.3, -0.25) is 4.79 Å². The highest BCUT2D eigenvalue weighted by molar-refractivity contribution is 9.10. The lowest BCUT2D eigenvalue weighted by Gasteiger charge is -2.18. The fourth-order valence-electron chi connectivity index (χ4n) is 1.75. The largest absolute Gasteiger partial charge is 0.366 e. The molecule has 0 fully saturated rings. The zero-order valence-corrected chi connectivity index (χ0v) is 15.4.